The molecular weight excluding hydrogens is 378 g/mol. The van der Waals surface area contributed by atoms with Gasteiger partial charge in [-0.15, -0.1) is 0 Å². The summed E-state index contributed by atoms with van der Waals surface area (Å²) in [5, 5.41) is 24.9. The average molecular weight is 388 g/mol. The number of carbonyl (C=O) groups excluding carboxylic acids is 1. The second kappa shape index (κ2) is 7.85. The largest absolute Gasteiger partial charge is 0.345 e. The Morgan fingerprint density at radius 1 is 1.29 bits per heavy atom. The number of halogens is 1. The Balaban J connectivity index is 2.05. The number of aromatic nitrogens is 1. The number of hydrogen-bond donors (Lipinski definition) is 2. The van der Waals surface area contributed by atoms with E-state index in [1.54, 1.807) is 24.4 Å². The fraction of sp³-hybridized carbons (Fsp3) is 0. The van der Waals surface area contributed by atoms with Crippen molar-refractivity contribution in [1.29, 1.82) is 5.26 Å². The Kier molecular flexibility index (Phi) is 5.59. The first-order valence-electron chi connectivity index (χ1n) is 6.54. The van der Waals surface area contributed by atoms with Gasteiger partial charge in [0.25, 0.3) is 11.6 Å². The highest BCUT2D eigenvalue weighted by Crippen LogP contribution is 2.16. The van der Waals surface area contributed by atoms with Gasteiger partial charge in [0, 0.05) is 34.7 Å². The maximum Gasteiger partial charge on any atom is 0.269 e. The minimum Gasteiger partial charge on any atom is -0.345 e. The second-order valence-corrected chi connectivity index (χ2v) is 5.35. The summed E-state index contributed by atoms with van der Waals surface area (Å²) in [4.78, 5) is 26.1. The van der Waals surface area contributed by atoms with Gasteiger partial charge in [-0.1, -0.05) is 0 Å². The number of nitriles is 1. The molecule has 0 unspecified atom stereocenters. The molecule has 0 aliphatic heterocycles. The molecule has 1 aromatic carbocycles. The fourth-order valence-corrected chi connectivity index (χ4v) is 1.86. The van der Waals surface area contributed by atoms with Gasteiger partial charge >= 0.3 is 0 Å². The van der Waals surface area contributed by atoms with E-state index in [2.05, 4.69) is 31.5 Å². The van der Waals surface area contributed by atoms with Crippen molar-refractivity contribution in [3.05, 3.63) is 69.0 Å². The Bertz CT molecular complexity index is 826. The third-order valence-corrected chi connectivity index (χ3v) is 3.26. The van der Waals surface area contributed by atoms with Crippen molar-refractivity contribution >= 4 is 39.0 Å². The van der Waals surface area contributed by atoms with E-state index in [0.29, 0.717) is 11.5 Å². The molecule has 0 radical (unpaired) electrons. The van der Waals surface area contributed by atoms with E-state index in [4.69, 9.17) is 5.26 Å². The average Bonchev–Trinajstić information content (AvgIpc) is 2.57. The van der Waals surface area contributed by atoms with E-state index in [9.17, 15) is 14.9 Å². The summed E-state index contributed by atoms with van der Waals surface area (Å²) in [6, 6.07) is 10.5. The zero-order valence-electron chi connectivity index (χ0n) is 12.1. The molecule has 1 amide bonds. The summed E-state index contributed by atoms with van der Waals surface area (Å²) in [7, 11) is 0. The number of nitrogens with zero attached hydrogens (tertiary/aromatic N) is 3. The molecular formula is C15H10BrN5O3. The van der Waals surface area contributed by atoms with Crippen molar-refractivity contribution < 1.29 is 9.72 Å². The van der Waals surface area contributed by atoms with Crippen LogP contribution >= 0.6 is 15.9 Å². The Labute approximate surface area is 145 Å². The molecule has 0 atom stereocenters. The molecule has 0 aliphatic carbocycles. The minimum absolute atomic E-state index is 0.0907. The predicted molar refractivity (Wildman–Crippen MR) is 91.0 cm³/mol. The molecule has 2 rings (SSSR count). The number of anilines is 2. The van der Waals surface area contributed by atoms with Crippen LogP contribution in [0.5, 0.6) is 0 Å². The van der Waals surface area contributed by atoms with Crippen LogP contribution in [0.15, 0.2) is 58.8 Å². The van der Waals surface area contributed by atoms with Gasteiger partial charge in [-0.3, -0.25) is 14.9 Å². The van der Waals surface area contributed by atoms with Crippen LogP contribution in [0.25, 0.3) is 0 Å². The highest BCUT2D eigenvalue weighted by atomic mass is 79.9. The topological polar surface area (TPSA) is 121 Å². The maximum atomic E-state index is 12.0. The van der Waals surface area contributed by atoms with E-state index in [1.165, 1.54) is 30.5 Å². The van der Waals surface area contributed by atoms with Crippen molar-refractivity contribution in [2.75, 3.05) is 10.6 Å². The first-order valence-corrected chi connectivity index (χ1v) is 7.33. The Hall–Kier alpha value is -3.25. The van der Waals surface area contributed by atoms with Crippen molar-refractivity contribution in [1.82, 2.24) is 4.98 Å². The van der Waals surface area contributed by atoms with Gasteiger partial charge in [-0.25, -0.2) is 4.98 Å². The summed E-state index contributed by atoms with van der Waals surface area (Å²) in [6.07, 6.45) is 2.80. The lowest BCUT2D eigenvalue weighted by atomic mass is 10.2. The van der Waals surface area contributed by atoms with Crippen LogP contribution < -0.4 is 10.6 Å². The number of nitro groups is 1. The smallest absolute Gasteiger partial charge is 0.269 e. The lowest BCUT2D eigenvalue weighted by molar-refractivity contribution is -0.384. The SMILES string of the molecule is N#C/C(=C/Nc1ccc(Br)cn1)C(=O)Nc1ccc([N+](=O)[O-])cc1. The summed E-state index contributed by atoms with van der Waals surface area (Å²) in [6.45, 7) is 0. The molecule has 2 aromatic rings. The van der Waals surface area contributed by atoms with E-state index in [1.807, 2.05) is 0 Å². The van der Waals surface area contributed by atoms with Crippen molar-refractivity contribution in [2.24, 2.45) is 0 Å². The lowest BCUT2D eigenvalue weighted by Crippen LogP contribution is -2.14. The van der Waals surface area contributed by atoms with Gasteiger partial charge in [-0.2, -0.15) is 5.26 Å². The minimum atomic E-state index is -0.643. The second-order valence-electron chi connectivity index (χ2n) is 4.43. The molecule has 8 nitrogen and oxygen atoms in total. The number of amides is 1. The van der Waals surface area contributed by atoms with Crippen molar-refractivity contribution in [3.63, 3.8) is 0 Å². The predicted octanol–water partition coefficient (Wildman–Crippen LogP) is 3.21. The van der Waals surface area contributed by atoms with Gasteiger partial charge in [0.05, 0.1) is 4.92 Å². The molecule has 1 heterocycles. The molecule has 0 spiro atoms. The Morgan fingerprint density at radius 2 is 2.00 bits per heavy atom. The number of pyridine rings is 1. The van der Waals surface area contributed by atoms with Crippen LogP contribution in [0.1, 0.15) is 0 Å². The number of benzene rings is 1. The van der Waals surface area contributed by atoms with Gasteiger partial charge < -0.3 is 10.6 Å². The molecule has 0 bridgehead atoms. The van der Waals surface area contributed by atoms with Crippen LogP contribution in [0.2, 0.25) is 0 Å². The van der Waals surface area contributed by atoms with Crippen LogP contribution in [0.3, 0.4) is 0 Å². The summed E-state index contributed by atoms with van der Waals surface area (Å²) in [5.41, 5.74) is 0.0821. The maximum absolute atomic E-state index is 12.0. The van der Waals surface area contributed by atoms with E-state index in [-0.39, 0.29) is 11.3 Å². The van der Waals surface area contributed by atoms with Crippen LogP contribution in [-0.2, 0) is 4.79 Å². The van der Waals surface area contributed by atoms with Crippen LogP contribution in [-0.4, -0.2) is 15.8 Å². The molecule has 0 fully saturated rings. The van der Waals surface area contributed by atoms with Crippen LogP contribution in [0, 0.1) is 21.4 Å². The molecule has 9 heteroatoms. The van der Waals surface area contributed by atoms with Crippen molar-refractivity contribution in [2.45, 2.75) is 0 Å². The quantitative estimate of drug-likeness (QED) is 0.351. The standard InChI is InChI=1S/C15H10BrN5O3/c16-11-1-6-14(19-9-11)18-8-10(7-17)15(22)20-12-2-4-13(5-3-12)21(23)24/h1-6,8-9H,(H,18,19)(H,20,22)/b10-8-. The molecule has 120 valence electrons. The summed E-state index contributed by atoms with van der Waals surface area (Å²) < 4.78 is 0.799. The number of carbonyl (C=O) groups is 1. The number of hydrogen-bond acceptors (Lipinski definition) is 6. The lowest BCUT2D eigenvalue weighted by Gasteiger charge is -2.05. The summed E-state index contributed by atoms with van der Waals surface area (Å²) in [5.74, 6) is -0.176. The molecule has 24 heavy (non-hydrogen) atoms. The van der Waals surface area contributed by atoms with Gasteiger partial charge in [0.2, 0.25) is 0 Å². The highest BCUT2D eigenvalue weighted by molar-refractivity contribution is 9.10. The van der Waals surface area contributed by atoms with Crippen molar-refractivity contribution in [3.8, 4) is 6.07 Å². The monoisotopic (exact) mass is 387 g/mol. The Morgan fingerprint density at radius 3 is 2.54 bits per heavy atom. The zero-order chi connectivity index (χ0) is 17.5. The van der Waals surface area contributed by atoms with E-state index in [0.717, 1.165) is 4.47 Å². The first-order chi connectivity index (χ1) is 11.5. The number of nitrogens with one attached hydrogen (secondary N) is 2. The molecule has 0 saturated carbocycles. The normalized spacial score (nSPS) is 10.6. The van der Waals surface area contributed by atoms with Gasteiger partial charge in [-0.05, 0) is 40.2 Å². The highest BCUT2D eigenvalue weighted by Gasteiger charge is 2.11. The molecule has 1 aromatic heterocycles. The first kappa shape index (κ1) is 17.1. The van der Waals surface area contributed by atoms with Crippen LogP contribution in [0.4, 0.5) is 17.2 Å². The molecule has 0 saturated heterocycles. The molecule has 2 N–H and O–H groups in total. The number of non-ortho nitro benzene ring substituents is 1. The summed E-state index contributed by atoms with van der Waals surface area (Å²) >= 11 is 3.25. The number of rotatable bonds is 5. The fourth-order valence-electron chi connectivity index (χ4n) is 1.62. The molecule has 0 aliphatic rings. The third-order valence-electron chi connectivity index (χ3n) is 2.79. The number of nitro benzene ring substituents is 1. The van der Waals surface area contributed by atoms with E-state index >= 15 is 0 Å². The van der Waals surface area contributed by atoms with E-state index < -0.39 is 10.8 Å². The van der Waals surface area contributed by atoms with Gasteiger partial charge in [0.1, 0.15) is 17.5 Å². The zero-order valence-corrected chi connectivity index (χ0v) is 13.6. The van der Waals surface area contributed by atoms with Gasteiger partial charge in [0.15, 0.2) is 0 Å². The third kappa shape index (κ3) is 4.62.